The first kappa shape index (κ1) is 23.7. The van der Waals surface area contributed by atoms with Gasteiger partial charge in [-0.1, -0.05) is 36.5 Å². The molecule has 176 valence electrons. The number of aromatic nitrogens is 1. The molecule has 0 spiro atoms. The molecule has 0 bridgehead atoms. The van der Waals surface area contributed by atoms with Crippen LogP contribution in [0.5, 0.6) is 0 Å². The molecule has 1 amide bonds. The summed E-state index contributed by atoms with van der Waals surface area (Å²) in [6.45, 7) is 10.6. The minimum Gasteiger partial charge on any atom is -0.351 e. The van der Waals surface area contributed by atoms with Crippen molar-refractivity contribution in [2.24, 2.45) is 0 Å². The van der Waals surface area contributed by atoms with Crippen LogP contribution < -0.4 is 10.2 Å². The van der Waals surface area contributed by atoms with Crippen LogP contribution in [0, 0.1) is 13.8 Å². The number of amides is 1. The van der Waals surface area contributed by atoms with Gasteiger partial charge in [-0.2, -0.15) is 0 Å². The van der Waals surface area contributed by atoms with E-state index in [1.54, 1.807) is 36.5 Å². The molecule has 2 heterocycles. The van der Waals surface area contributed by atoms with E-state index in [1.165, 1.54) is 21.9 Å². The maximum atomic E-state index is 12.6. The van der Waals surface area contributed by atoms with E-state index in [2.05, 4.69) is 41.1 Å². The van der Waals surface area contributed by atoms with Crippen LogP contribution in [0.2, 0.25) is 0 Å². The number of nitrogens with one attached hydrogen (secondary N) is 1. The predicted molar refractivity (Wildman–Crippen MR) is 134 cm³/mol. The quantitative estimate of drug-likeness (QED) is 0.552. The zero-order valence-corrected chi connectivity index (χ0v) is 20.9. The van der Waals surface area contributed by atoms with E-state index in [4.69, 9.17) is 4.98 Å². The Morgan fingerprint density at radius 3 is 2.55 bits per heavy atom. The zero-order valence-electron chi connectivity index (χ0n) is 19.3. The van der Waals surface area contributed by atoms with Crippen molar-refractivity contribution in [3.63, 3.8) is 0 Å². The van der Waals surface area contributed by atoms with Gasteiger partial charge in [-0.15, -0.1) is 0 Å². The molecule has 9 heteroatoms. The van der Waals surface area contributed by atoms with Crippen molar-refractivity contribution in [1.29, 1.82) is 0 Å². The molecule has 4 rings (SSSR count). The fraction of sp³-hybridized carbons (Fsp3) is 0.417. The largest absolute Gasteiger partial charge is 0.351 e. The molecule has 0 unspecified atom stereocenters. The predicted octanol–water partition coefficient (Wildman–Crippen LogP) is 3.26. The molecule has 0 radical (unpaired) electrons. The number of aryl methyl sites for hydroxylation is 2. The van der Waals surface area contributed by atoms with Crippen molar-refractivity contribution in [3.05, 3.63) is 53.1 Å². The average Bonchev–Trinajstić information content (AvgIpc) is 3.27. The summed E-state index contributed by atoms with van der Waals surface area (Å²) in [5.41, 5.74) is 3.83. The normalized spacial score (nSPS) is 15.2. The Bertz CT molecular complexity index is 1260. The Labute approximate surface area is 199 Å². The molecule has 0 saturated carbocycles. The van der Waals surface area contributed by atoms with Gasteiger partial charge in [-0.3, -0.25) is 9.69 Å². The van der Waals surface area contributed by atoms with Gasteiger partial charge in [0.25, 0.3) is 5.91 Å². The highest BCUT2D eigenvalue weighted by molar-refractivity contribution is 7.91. The summed E-state index contributed by atoms with van der Waals surface area (Å²) in [5, 5.41) is 3.96. The first-order valence-electron chi connectivity index (χ1n) is 11.2. The number of hydrogen-bond donors (Lipinski definition) is 1. The molecule has 33 heavy (non-hydrogen) atoms. The number of nitrogens with zero attached hydrogens (tertiary/aromatic N) is 3. The van der Waals surface area contributed by atoms with Gasteiger partial charge in [0.15, 0.2) is 15.0 Å². The highest BCUT2D eigenvalue weighted by Crippen LogP contribution is 2.32. The number of thiazole rings is 1. The van der Waals surface area contributed by atoms with E-state index in [-0.39, 0.29) is 22.1 Å². The lowest BCUT2D eigenvalue weighted by atomic mass is 10.1. The number of fused-ring (bicyclic) bond motifs is 1. The average molecular weight is 487 g/mol. The third kappa shape index (κ3) is 5.05. The number of benzene rings is 2. The molecule has 7 nitrogen and oxygen atoms in total. The van der Waals surface area contributed by atoms with Crippen molar-refractivity contribution in [1.82, 2.24) is 15.2 Å². The van der Waals surface area contributed by atoms with Crippen molar-refractivity contribution < 1.29 is 13.2 Å². The Balaban J connectivity index is 1.30. The van der Waals surface area contributed by atoms with E-state index in [0.717, 1.165) is 43.4 Å². The standard InChI is InChI=1S/C24H30N4O3S2/c1-4-33(30,31)21-8-6-5-7-19(21)23(29)25-11-12-27-13-15-28(16-14-27)24-26-22-18(3)17(2)9-10-20(22)32-24/h5-10H,4,11-16H2,1-3H3,(H,25,29). The van der Waals surface area contributed by atoms with Gasteiger partial charge in [0.05, 0.1) is 26.4 Å². The molecule has 2 aromatic carbocycles. The van der Waals surface area contributed by atoms with Crippen molar-refractivity contribution >= 4 is 42.4 Å². The second-order valence-corrected chi connectivity index (χ2v) is 11.6. The van der Waals surface area contributed by atoms with Crippen LogP contribution >= 0.6 is 11.3 Å². The van der Waals surface area contributed by atoms with Crippen LogP contribution in [0.1, 0.15) is 28.4 Å². The first-order valence-corrected chi connectivity index (χ1v) is 13.7. The lowest BCUT2D eigenvalue weighted by Crippen LogP contribution is -2.48. The number of piperazine rings is 1. The van der Waals surface area contributed by atoms with Crippen LogP contribution in [-0.4, -0.2) is 69.2 Å². The van der Waals surface area contributed by atoms with Crippen molar-refractivity contribution in [2.75, 3.05) is 49.9 Å². The summed E-state index contributed by atoms with van der Waals surface area (Å²) in [5.74, 6) is -0.378. The molecule has 1 N–H and O–H groups in total. The topological polar surface area (TPSA) is 82.6 Å². The van der Waals surface area contributed by atoms with E-state index >= 15 is 0 Å². The van der Waals surface area contributed by atoms with E-state index in [1.807, 2.05) is 0 Å². The zero-order chi connectivity index (χ0) is 23.6. The van der Waals surface area contributed by atoms with Crippen LogP contribution in [0.25, 0.3) is 10.2 Å². The third-order valence-corrected chi connectivity index (χ3v) is 9.14. The summed E-state index contributed by atoms with van der Waals surface area (Å²) in [4.78, 5) is 22.3. The smallest absolute Gasteiger partial charge is 0.252 e. The SMILES string of the molecule is CCS(=O)(=O)c1ccccc1C(=O)NCCN1CCN(c2nc3c(C)c(C)ccc3s2)CC1. The highest BCUT2D eigenvalue weighted by Gasteiger charge is 2.22. The molecule has 1 aromatic heterocycles. The van der Waals surface area contributed by atoms with Gasteiger partial charge in [-0.05, 0) is 43.2 Å². The molecule has 0 aliphatic carbocycles. The Morgan fingerprint density at radius 1 is 1.09 bits per heavy atom. The monoisotopic (exact) mass is 486 g/mol. The van der Waals surface area contributed by atoms with E-state index < -0.39 is 9.84 Å². The van der Waals surface area contributed by atoms with Crippen molar-refractivity contribution in [2.45, 2.75) is 25.7 Å². The number of hydrogen-bond acceptors (Lipinski definition) is 7. The first-order chi connectivity index (χ1) is 15.8. The van der Waals surface area contributed by atoms with Gasteiger partial charge < -0.3 is 10.2 Å². The van der Waals surface area contributed by atoms with Gasteiger partial charge in [0, 0.05) is 39.3 Å². The number of carbonyl (C=O) groups excluding carboxylic acids is 1. The number of carbonyl (C=O) groups is 1. The lowest BCUT2D eigenvalue weighted by Gasteiger charge is -2.34. The number of anilines is 1. The lowest BCUT2D eigenvalue weighted by molar-refractivity contribution is 0.0944. The summed E-state index contributed by atoms with van der Waals surface area (Å²) >= 11 is 1.74. The van der Waals surface area contributed by atoms with Crippen LogP contribution in [0.4, 0.5) is 5.13 Å². The molecule has 0 atom stereocenters. The Morgan fingerprint density at radius 2 is 1.82 bits per heavy atom. The van der Waals surface area contributed by atoms with Gasteiger partial charge >= 0.3 is 0 Å². The summed E-state index contributed by atoms with van der Waals surface area (Å²) < 4.78 is 25.8. The minimum atomic E-state index is -3.45. The maximum absolute atomic E-state index is 12.6. The second-order valence-electron chi connectivity index (χ2n) is 8.33. The molecule has 3 aromatic rings. The number of rotatable bonds is 7. The van der Waals surface area contributed by atoms with Gasteiger partial charge in [0.2, 0.25) is 0 Å². The summed E-state index contributed by atoms with van der Waals surface area (Å²) in [6, 6.07) is 10.7. The molecule has 1 aliphatic heterocycles. The second kappa shape index (κ2) is 9.79. The van der Waals surface area contributed by atoms with Crippen LogP contribution in [-0.2, 0) is 9.84 Å². The fourth-order valence-corrected chi connectivity index (χ4v) is 6.19. The third-order valence-electron chi connectivity index (χ3n) is 6.28. The molecule has 1 saturated heterocycles. The van der Waals surface area contributed by atoms with E-state index in [0.29, 0.717) is 6.54 Å². The minimum absolute atomic E-state index is 0.0323. The summed E-state index contributed by atoms with van der Waals surface area (Å²) in [6.07, 6.45) is 0. The number of sulfone groups is 1. The maximum Gasteiger partial charge on any atom is 0.252 e. The summed E-state index contributed by atoms with van der Waals surface area (Å²) in [7, 11) is -3.45. The molecule has 1 aliphatic rings. The van der Waals surface area contributed by atoms with Crippen LogP contribution in [0.15, 0.2) is 41.3 Å². The molecule has 1 fully saturated rings. The highest BCUT2D eigenvalue weighted by atomic mass is 32.2. The Hall–Kier alpha value is -2.49. The molecular weight excluding hydrogens is 456 g/mol. The van der Waals surface area contributed by atoms with Gasteiger partial charge in [0.1, 0.15) is 0 Å². The Kier molecular flexibility index (Phi) is 7.02. The van der Waals surface area contributed by atoms with E-state index in [9.17, 15) is 13.2 Å². The van der Waals surface area contributed by atoms with Crippen LogP contribution in [0.3, 0.4) is 0 Å². The van der Waals surface area contributed by atoms with Crippen molar-refractivity contribution in [3.8, 4) is 0 Å². The fourth-order valence-electron chi connectivity index (χ4n) is 4.02. The molecular formula is C24H30N4O3S2. The van der Waals surface area contributed by atoms with Gasteiger partial charge in [-0.25, -0.2) is 13.4 Å².